The van der Waals surface area contributed by atoms with Crippen molar-refractivity contribution in [2.24, 2.45) is 5.92 Å². The zero-order valence-corrected chi connectivity index (χ0v) is 18.8. The highest BCUT2D eigenvalue weighted by molar-refractivity contribution is 6.35. The first-order chi connectivity index (χ1) is 15.1. The number of benzene rings is 3. The number of carbonyl (C=O) groups excluding carboxylic acids is 1. The van der Waals surface area contributed by atoms with Crippen LogP contribution in [0.15, 0.2) is 60.7 Å². The van der Waals surface area contributed by atoms with Crippen LogP contribution in [0.2, 0.25) is 10.0 Å². The topological polar surface area (TPSA) is 41.6 Å². The Hall–Kier alpha value is -2.27. The molecule has 0 unspecified atom stereocenters. The maximum atomic E-state index is 12.5. The Bertz CT molecular complexity index is 1030. The third-order valence-corrected chi connectivity index (χ3v) is 6.50. The molecular weight excluding hydrogens is 431 g/mol. The Morgan fingerprint density at radius 1 is 0.968 bits per heavy atom. The van der Waals surface area contributed by atoms with Crippen molar-refractivity contribution < 1.29 is 9.53 Å². The summed E-state index contributed by atoms with van der Waals surface area (Å²) in [5, 5.41) is 6.74. The minimum Gasteiger partial charge on any atom is -0.492 e. The van der Waals surface area contributed by atoms with Gasteiger partial charge in [-0.3, -0.25) is 9.69 Å². The van der Waals surface area contributed by atoms with E-state index in [2.05, 4.69) is 22.3 Å². The number of fused-ring (bicyclic) bond motifs is 1. The summed E-state index contributed by atoms with van der Waals surface area (Å²) in [5.74, 6) is 0.968. The normalized spacial score (nSPS) is 15.2. The van der Waals surface area contributed by atoms with Crippen molar-refractivity contribution in [1.82, 2.24) is 10.2 Å². The molecule has 1 fully saturated rings. The molecule has 3 aromatic carbocycles. The SMILES string of the molecule is O=C(NCCOc1ccc2ccccc2c1)C1CCN(Cc2c(Cl)cccc2Cl)CC1. The fourth-order valence-electron chi connectivity index (χ4n) is 4.00. The Labute approximate surface area is 193 Å². The molecule has 1 saturated heterocycles. The molecule has 1 aliphatic heterocycles. The molecule has 0 aromatic heterocycles. The molecule has 6 heteroatoms. The van der Waals surface area contributed by atoms with Crippen molar-refractivity contribution in [2.45, 2.75) is 19.4 Å². The summed E-state index contributed by atoms with van der Waals surface area (Å²) in [7, 11) is 0. The van der Waals surface area contributed by atoms with Crippen LogP contribution in [0, 0.1) is 5.92 Å². The molecular formula is C25H26Cl2N2O2. The van der Waals surface area contributed by atoms with Crippen LogP contribution in [0.3, 0.4) is 0 Å². The van der Waals surface area contributed by atoms with E-state index < -0.39 is 0 Å². The molecule has 1 aliphatic rings. The van der Waals surface area contributed by atoms with E-state index in [1.807, 2.05) is 48.5 Å². The third-order valence-electron chi connectivity index (χ3n) is 5.79. The minimum absolute atomic E-state index is 0.0404. The van der Waals surface area contributed by atoms with Crippen molar-refractivity contribution in [1.29, 1.82) is 0 Å². The van der Waals surface area contributed by atoms with E-state index in [0.29, 0.717) is 29.7 Å². The van der Waals surface area contributed by atoms with Crippen molar-refractivity contribution in [3.8, 4) is 5.75 Å². The largest absolute Gasteiger partial charge is 0.492 e. The standard InChI is InChI=1S/C25H26Cl2N2O2/c26-23-6-3-7-24(27)22(23)17-29-13-10-19(11-14-29)25(30)28-12-15-31-21-9-8-18-4-1-2-5-20(18)16-21/h1-9,16,19H,10-15,17H2,(H,28,30). The summed E-state index contributed by atoms with van der Waals surface area (Å²) in [5.41, 5.74) is 0.958. The Balaban J connectivity index is 1.18. The average Bonchev–Trinajstić information content (AvgIpc) is 2.79. The maximum absolute atomic E-state index is 12.5. The smallest absolute Gasteiger partial charge is 0.223 e. The number of rotatable bonds is 7. The van der Waals surface area contributed by atoms with E-state index in [1.165, 1.54) is 5.39 Å². The lowest BCUT2D eigenvalue weighted by molar-refractivity contribution is -0.126. The van der Waals surface area contributed by atoms with Gasteiger partial charge in [-0.15, -0.1) is 0 Å². The summed E-state index contributed by atoms with van der Waals surface area (Å²) in [6.45, 7) is 3.38. The van der Waals surface area contributed by atoms with Gasteiger partial charge in [0.25, 0.3) is 0 Å². The van der Waals surface area contributed by atoms with Crippen LogP contribution in [0.4, 0.5) is 0 Å². The van der Waals surface area contributed by atoms with Gasteiger partial charge >= 0.3 is 0 Å². The van der Waals surface area contributed by atoms with Gasteiger partial charge in [0.2, 0.25) is 5.91 Å². The molecule has 0 radical (unpaired) electrons. The molecule has 1 heterocycles. The monoisotopic (exact) mass is 456 g/mol. The molecule has 4 rings (SSSR count). The average molecular weight is 457 g/mol. The van der Waals surface area contributed by atoms with Crippen molar-refractivity contribution in [2.75, 3.05) is 26.2 Å². The van der Waals surface area contributed by atoms with E-state index in [1.54, 1.807) is 0 Å². The van der Waals surface area contributed by atoms with E-state index in [0.717, 1.165) is 42.6 Å². The fourth-order valence-corrected chi connectivity index (χ4v) is 4.52. The number of nitrogens with one attached hydrogen (secondary N) is 1. The van der Waals surface area contributed by atoms with Crippen molar-refractivity contribution >= 4 is 39.9 Å². The van der Waals surface area contributed by atoms with Gasteiger partial charge in [-0.05, 0) is 61.0 Å². The van der Waals surface area contributed by atoms with E-state index in [9.17, 15) is 4.79 Å². The highest BCUT2D eigenvalue weighted by atomic mass is 35.5. The molecule has 1 N–H and O–H groups in total. The number of hydrogen-bond acceptors (Lipinski definition) is 3. The zero-order chi connectivity index (χ0) is 21.6. The van der Waals surface area contributed by atoms with Crippen LogP contribution < -0.4 is 10.1 Å². The highest BCUT2D eigenvalue weighted by Crippen LogP contribution is 2.27. The van der Waals surface area contributed by atoms with Crippen LogP contribution in [0.5, 0.6) is 5.75 Å². The summed E-state index contributed by atoms with van der Waals surface area (Å²) < 4.78 is 5.81. The second-order valence-corrected chi connectivity index (χ2v) is 8.71. The number of likely N-dealkylation sites (tertiary alicyclic amines) is 1. The second-order valence-electron chi connectivity index (χ2n) is 7.90. The molecule has 0 aliphatic carbocycles. The highest BCUT2D eigenvalue weighted by Gasteiger charge is 2.25. The third kappa shape index (κ3) is 5.70. The molecule has 31 heavy (non-hydrogen) atoms. The number of halogens is 2. The van der Waals surface area contributed by atoms with Gasteiger partial charge < -0.3 is 10.1 Å². The Morgan fingerprint density at radius 3 is 2.42 bits per heavy atom. The van der Waals surface area contributed by atoms with Gasteiger partial charge in [0, 0.05) is 28.1 Å². The predicted octanol–water partition coefficient (Wildman–Crippen LogP) is 5.55. The second kappa shape index (κ2) is 10.4. The van der Waals surface area contributed by atoms with Gasteiger partial charge in [0.15, 0.2) is 0 Å². The minimum atomic E-state index is 0.0404. The van der Waals surface area contributed by atoms with Crippen LogP contribution in [0.25, 0.3) is 10.8 Å². The summed E-state index contributed by atoms with van der Waals surface area (Å²) in [6, 6.07) is 19.8. The fraction of sp³-hybridized carbons (Fsp3) is 0.320. The van der Waals surface area contributed by atoms with Crippen LogP contribution in [0.1, 0.15) is 18.4 Å². The maximum Gasteiger partial charge on any atom is 0.223 e. The Kier molecular flexibility index (Phi) is 7.33. The summed E-state index contributed by atoms with van der Waals surface area (Å²) in [4.78, 5) is 14.8. The van der Waals surface area contributed by atoms with Crippen molar-refractivity contribution in [3.63, 3.8) is 0 Å². The molecule has 0 saturated carbocycles. The van der Waals surface area contributed by atoms with Gasteiger partial charge in [-0.1, -0.05) is 59.6 Å². The lowest BCUT2D eigenvalue weighted by Gasteiger charge is -2.31. The molecule has 0 atom stereocenters. The molecule has 0 bridgehead atoms. The number of carbonyl (C=O) groups is 1. The van der Waals surface area contributed by atoms with E-state index >= 15 is 0 Å². The number of hydrogen-bond donors (Lipinski definition) is 1. The van der Waals surface area contributed by atoms with Gasteiger partial charge in [-0.25, -0.2) is 0 Å². The molecule has 4 nitrogen and oxygen atoms in total. The first kappa shape index (κ1) is 21.9. The number of piperidine rings is 1. The van der Waals surface area contributed by atoms with Crippen LogP contribution in [-0.4, -0.2) is 37.0 Å². The van der Waals surface area contributed by atoms with E-state index in [4.69, 9.17) is 27.9 Å². The van der Waals surface area contributed by atoms with Crippen molar-refractivity contribution in [3.05, 3.63) is 76.3 Å². The van der Waals surface area contributed by atoms with Crippen LogP contribution in [-0.2, 0) is 11.3 Å². The van der Waals surface area contributed by atoms with Crippen LogP contribution >= 0.6 is 23.2 Å². The molecule has 0 spiro atoms. The molecule has 1 amide bonds. The summed E-state index contributed by atoms with van der Waals surface area (Å²) >= 11 is 12.6. The first-order valence-electron chi connectivity index (χ1n) is 10.6. The quantitative estimate of drug-likeness (QED) is 0.473. The number of ether oxygens (including phenoxy) is 1. The summed E-state index contributed by atoms with van der Waals surface area (Å²) in [6.07, 6.45) is 1.67. The molecule has 162 valence electrons. The first-order valence-corrected chi connectivity index (χ1v) is 11.4. The number of nitrogens with zero attached hydrogens (tertiary/aromatic N) is 1. The molecule has 3 aromatic rings. The van der Waals surface area contributed by atoms with Gasteiger partial charge in [0.1, 0.15) is 12.4 Å². The van der Waals surface area contributed by atoms with Gasteiger partial charge in [-0.2, -0.15) is 0 Å². The lowest BCUT2D eigenvalue weighted by atomic mass is 9.95. The zero-order valence-electron chi connectivity index (χ0n) is 17.3. The van der Waals surface area contributed by atoms with Gasteiger partial charge in [0.05, 0.1) is 6.54 Å². The lowest BCUT2D eigenvalue weighted by Crippen LogP contribution is -2.41. The predicted molar refractivity (Wildman–Crippen MR) is 127 cm³/mol. The number of amides is 1. The Morgan fingerprint density at radius 2 is 1.68 bits per heavy atom. The van der Waals surface area contributed by atoms with E-state index in [-0.39, 0.29) is 11.8 Å².